The van der Waals surface area contributed by atoms with Crippen LogP contribution in [0.1, 0.15) is 31.7 Å². The molecule has 0 aromatic heterocycles. The maximum Gasteiger partial charge on any atom is 0.320 e. The van der Waals surface area contributed by atoms with Gasteiger partial charge in [0.15, 0.2) is 0 Å². The Kier molecular flexibility index (Phi) is 6.21. The smallest absolute Gasteiger partial charge is 0.320 e. The van der Waals surface area contributed by atoms with Crippen molar-refractivity contribution in [1.82, 2.24) is 4.90 Å². The van der Waals surface area contributed by atoms with Crippen LogP contribution >= 0.6 is 0 Å². The molecule has 1 aromatic rings. The Labute approximate surface area is 132 Å². The molecule has 0 amide bonds. The molecule has 0 spiro atoms. The summed E-state index contributed by atoms with van der Waals surface area (Å²) in [5.41, 5.74) is 6.44. The van der Waals surface area contributed by atoms with Crippen LogP contribution in [0.4, 0.5) is 0 Å². The second-order valence-corrected chi connectivity index (χ2v) is 6.02. The molecule has 2 atom stereocenters. The second-order valence-electron chi connectivity index (χ2n) is 6.02. The standard InChI is InChI=1S/C17H26N2O3/c1-13-4-2-3-9-19(13)10-11-22-15-7-5-14(6-8-15)12-16(18)17(20)21/h5-8,13,16H,2-4,9-12,18H2,1H3,(H,20,21). The minimum Gasteiger partial charge on any atom is -0.492 e. The normalized spacial score (nSPS) is 20.5. The summed E-state index contributed by atoms with van der Waals surface area (Å²) in [4.78, 5) is 13.2. The molecule has 1 saturated heterocycles. The Morgan fingerprint density at radius 1 is 1.41 bits per heavy atom. The molecule has 1 heterocycles. The van der Waals surface area contributed by atoms with Crippen LogP contribution in [0, 0.1) is 0 Å². The largest absolute Gasteiger partial charge is 0.492 e. The molecule has 1 aliphatic heterocycles. The van der Waals surface area contributed by atoms with E-state index in [2.05, 4.69) is 11.8 Å². The molecule has 1 aromatic carbocycles. The highest BCUT2D eigenvalue weighted by molar-refractivity contribution is 5.73. The summed E-state index contributed by atoms with van der Waals surface area (Å²) in [7, 11) is 0. The quantitative estimate of drug-likeness (QED) is 0.804. The van der Waals surface area contributed by atoms with Crippen LogP contribution in [0.2, 0.25) is 0 Å². The lowest BCUT2D eigenvalue weighted by Crippen LogP contribution is -2.39. The van der Waals surface area contributed by atoms with E-state index in [1.54, 1.807) is 0 Å². The third kappa shape index (κ3) is 5.00. The van der Waals surface area contributed by atoms with Gasteiger partial charge in [0, 0.05) is 12.6 Å². The molecule has 0 bridgehead atoms. The van der Waals surface area contributed by atoms with E-state index in [-0.39, 0.29) is 0 Å². The first-order chi connectivity index (χ1) is 10.6. The zero-order chi connectivity index (χ0) is 15.9. The maximum atomic E-state index is 10.7. The monoisotopic (exact) mass is 306 g/mol. The molecule has 1 fully saturated rings. The molecule has 0 radical (unpaired) electrons. The van der Waals surface area contributed by atoms with E-state index in [4.69, 9.17) is 15.6 Å². The van der Waals surface area contributed by atoms with Crippen LogP contribution < -0.4 is 10.5 Å². The zero-order valence-corrected chi connectivity index (χ0v) is 13.2. The molecule has 0 aliphatic carbocycles. The van der Waals surface area contributed by atoms with Crippen molar-refractivity contribution < 1.29 is 14.6 Å². The van der Waals surface area contributed by atoms with Gasteiger partial charge >= 0.3 is 5.97 Å². The Morgan fingerprint density at radius 3 is 2.77 bits per heavy atom. The summed E-state index contributed by atoms with van der Waals surface area (Å²) >= 11 is 0. The number of likely N-dealkylation sites (tertiary alicyclic amines) is 1. The number of ether oxygens (including phenoxy) is 1. The van der Waals surface area contributed by atoms with Crippen molar-refractivity contribution in [2.45, 2.75) is 44.7 Å². The molecule has 0 saturated carbocycles. The third-order valence-corrected chi connectivity index (χ3v) is 4.28. The van der Waals surface area contributed by atoms with Crippen LogP contribution in [-0.2, 0) is 11.2 Å². The van der Waals surface area contributed by atoms with Crippen molar-refractivity contribution in [3.63, 3.8) is 0 Å². The van der Waals surface area contributed by atoms with Gasteiger partial charge in [-0.25, -0.2) is 0 Å². The third-order valence-electron chi connectivity index (χ3n) is 4.28. The molecule has 5 nitrogen and oxygen atoms in total. The SMILES string of the molecule is CC1CCCCN1CCOc1ccc(CC(N)C(=O)O)cc1. The highest BCUT2D eigenvalue weighted by atomic mass is 16.5. The van der Waals surface area contributed by atoms with Gasteiger partial charge in [0.25, 0.3) is 0 Å². The van der Waals surface area contributed by atoms with Gasteiger partial charge in [-0.2, -0.15) is 0 Å². The number of benzene rings is 1. The number of carboxylic acids is 1. The first-order valence-corrected chi connectivity index (χ1v) is 8.00. The van der Waals surface area contributed by atoms with Crippen LogP contribution in [0.15, 0.2) is 24.3 Å². The van der Waals surface area contributed by atoms with Crippen molar-refractivity contribution in [2.24, 2.45) is 5.73 Å². The van der Waals surface area contributed by atoms with E-state index < -0.39 is 12.0 Å². The Hall–Kier alpha value is -1.59. The fourth-order valence-electron chi connectivity index (χ4n) is 2.83. The Balaban J connectivity index is 1.75. The Morgan fingerprint density at radius 2 is 2.14 bits per heavy atom. The van der Waals surface area contributed by atoms with E-state index in [0.29, 0.717) is 19.1 Å². The van der Waals surface area contributed by atoms with Crippen LogP contribution in [0.25, 0.3) is 0 Å². The minimum absolute atomic E-state index is 0.334. The van der Waals surface area contributed by atoms with Gasteiger partial charge < -0.3 is 15.6 Å². The molecular formula is C17H26N2O3. The van der Waals surface area contributed by atoms with Crippen LogP contribution in [0.3, 0.4) is 0 Å². The lowest BCUT2D eigenvalue weighted by Gasteiger charge is -2.33. The topological polar surface area (TPSA) is 75.8 Å². The lowest BCUT2D eigenvalue weighted by atomic mass is 10.0. The van der Waals surface area contributed by atoms with Gasteiger partial charge in [0.2, 0.25) is 0 Å². The molecule has 22 heavy (non-hydrogen) atoms. The summed E-state index contributed by atoms with van der Waals surface area (Å²) in [6, 6.07) is 7.31. The molecule has 2 unspecified atom stereocenters. The van der Waals surface area contributed by atoms with Gasteiger partial charge in [0.1, 0.15) is 18.4 Å². The fraction of sp³-hybridized carbons (Fsp3) is 0.588. The van der Waals surface area contributed by atoms with E-state index in [1.807, 2.05) is 24.3 Å². The first kappa shape index (κ1) is 16.8. The number of carboxylic acid groups (broad SMARTS) is 1. The molecule has 3 N–H and O–H groups in total. The Bertz CT molecular complexity index is 475. The molecule has 5 heteroatoms. The first-order valence-electron chi connectivity index (χ1n) is 8.00. The number of carbonyl (C=O) groups is 1. The van der Waals surface area contributed by atoms with Crippen LogP contribution in [0.5, 0.6) is 5.75 Å². The van der Waals surface area contributed by atoms with E-state index in [0.717, 1.165) is 24.4 Å². The van der Waals surface area contributed by atoms with Crippen LogP contribution in [-0.4, -0.2) is 47.8 Å². The van der Waals surface area contributed by atoms with E-state index >= 15 is 0 Å². The van der Waals surface area contributed by atoms with Gasteiger partial charge in [-0.15, -0.1) is 0 Å². The average Bonchev–Trinajstić information content (AvgIpc) is 2.51. The number of hydrogen-bond acceptors (Lipinski definition) is 4. The van der Waals surface area contributed by atoms with E-state index in [9.17, 15) is 4.79 Å². The van der Waals surface area contributed by atoms with Gasteiger partial charge in [-0.3, -0.25) is 9.69 Å². The summed E-state index contributed by atoms with van der Waals surface area (Å²) in [6.45, 7) is 5.07. The van der Waals surface area contributed by atoms with Crippen molar-refractivity contribution >= 4 is 5.97 Å². The summed E-state index contributed by atoms with van der Waals surface area (Å²) in [5.74, 6) is -0.159. The highest BCUT2D eigenvalue weighted by Gasteiger charge is 2.17. The lowest BCUT2D eigenvalue weighted by molar-refractivity contribution is -0.138. The zero-order valence-electron chi connectivity index (χ0n) is 13.2. The van der Waals surface area contributed by atoms with Crippen molar-refractivity contribution in [3.05, 3.63) is 29.8 Å². The highest BCUT2D eigenvalue weighted by Crippen LogP contribution is 2.17. The second kappa shape index (κ2) is 8.15. The van der Waals surface area contributed by atoms with Crippen molar-refractivity contribution in [1.29, 1.82) is 0 Å². The summed E-state index contributed by atoms with van der Waals surface area (Å²) in [6.07, 6.45) is 4.22. The number of hydrogen-bond donors (Lipinski definition) is 2. The van der Waals surface area contributed by atoms with E-state index in [1.165, 1.54) is 19.3 Å². The number of aliphatic carboxylic acids is 1. The van der Waals surface area contributed by atoms with Crippen molar-refractivity contribution in [3.8, 4) is 5.75 Å². The van der Waals surface area contributed by atoms with Gasteiger partial charge in [-0.1, -0.05) is 18.6 Å². The average molecular weight is 306 g/mol. The molecule has 122 valence electrons. The summed E-state index contributed by atoms with van der Waals surface area (Å²) in [5, 5.41) is 8.80. The predicted molar refractivity (Wildman–Crippen MR) is 86.1 cm³/mol. The predicted octanol–water partition coefficient (Wildman–Crippen LogP) is 1.89. The summed E-state index contributed by atoms with van der Waals surface area (Å²) < 4.78 is 5.78. The number of piperidine rings is 1. The maximum absolute atomic E-state index is 10.7. The minimum atomic E-state index is -0.976. The number of rotatable bonds is 7. The molecule has 1 aliphatic rings. The van der Waals surface area contributed by atoms with Gasteiger partial charge in [-0.05, 0) is 50.4 Å². The van der Waals surface area contributed by atoms with Gasteiger partial charge in [0.05, 0.1) is 0 Å². The fourth-order valence-corrected chi connectivity index (χ4v) is 2.83. The molecular weight excluding hydrogens is 280 g/mol. The number of nitrogens with zero attached hydrogens (tertiary/aromatic N) is 1. The number of nitrogens with two attached hydrogens (primary N) is 1. The van der Waals surface area contributed by atoms with Crippen molar-refractivity contribution in [2.75, 3.05) is 19.7 Å². The molecule has 2 rings (SSSR count).